The molecule has 128 valence electrons. The lowest BCUT2D eigenvalue weighted by atomic mass is 10.1. The largest absolute Gasteiger partial charge is 0.489 e. The maximum Gasteiger partial charge on any atom is 0.341 e. The number of carbonyl (C=O) groups is 1. The van der Waals surface area contributed by atoms with E-state index >= 15 is 0 Å². The van der Waals surface area contributed by atoms with E-state index in [1.165, 1.54) is 6.20 Å². The van der Waals surface area contributed by atoms with Crippen molar-refractivity contribution in [3.63, 3.8) is 0 Å². The third-order valence-corrected chi connectivity index (χ3v) is 3.98. The maximum atomic E-state index is 12.3. The van der Waals surface area contributed by atoms with Crippen LogP contribution in [0, 0.1) is 0 Å². The molecule has 6 nitrogen and oxygen atoms in total. The summed E-state index contributed by atoms with van der Waals surface area (Å²) in [4.78, 5) is 12.3. The number of carbonyl (C=O) groups excluding carboxylic acids is 1. The van der Waals surface area contributed by atoms with Crippen LogP contribution in [0.5, 0.6) is 11.5 Å². The molecule has 1 aliphatic heterocycles. The Morgan fingerprint density at radius 3 is 2.96 bits per heavy atom. The van der Waals surface area contributed by atoms with Crippen molar-refractivity contribution >= 4 is 17.6 Å². The summed E-state index contributed by atoms with van der Waals surface area (Å²) in [6, 6.07) is 3.51. The number of fused-ring (bicyclic) bond motifs is 1. The molecule has 1 aliphatic rings. The Hall–Kier alpha value is -2.21. The molecule has 1 N–H and O–H groups in total. The van der Waals surface area contributed by atoms with Gasteiger partial charge in [0.25, 0.3) is 0 Å². The zero-order chi connectivity index (χ0) is 17.1. The molecule has 24 heavy (non-hydrogen) atoms. The number of nitrogens with one attached hydrogen (secondary N) is 1. The molecule has 7 heteroatoms. The summed E-state index contributed by atoms with van der Waals surface area (Å²) < 4.78 is 16.6. The van der Waals surface area contributed by atoms with Gasteiger partial charge < -0.3 is 14.2 Å². The highest BCUT2D eigenvalue weighted by Gasteiger charge is 2.19. The third kappa shape index (κ3) is 3.48. The first-order valence-corrected chi connectivity index (χ1v) is 8.22. The van der Waals surface area contributed by atoms with Gasteiger partial charge in [0.05, 0.1) is 30.1 Å². The fraction of sp³-hybridized carbons (Fsp3) is 0.412. The van der Waals surface area contributed by atoms with E-state index < -0.39 is 5.97 Å². The van der Waals surface area contributed by atoms with E-state index in [9.17, 15) is 4.79 Å². The Kier molecular flexibility index (Phi) is 4.94. The molecule has 0 unspecified atom stereocenters. The van der Waals surface area contributed by atoms with Crippen LogP contribution in [0.3, 0.4) is 0 Å². The van der Waals surface area contributed by atoms with E-state index in [4.69, 9.17) is 25.8 Å². The molecule has 0 atom stereocenters. The number of ether oxygens (including phenoxy) is 3. The van der Waals surface area contributed by atoms with Crippen LogP contribution in [0.15, 0.2) is 18.3 Å². The molecule has 0 spiro atoms. The van der Waals surface area contributed by atoms with Gasteiger partial charge in [-0.15, -0.1) is 0 Å². The summed E-state index contributed by atoms with van der Waals surface area (Å²) in [7, 11) is 0. The molecule has 0 amide bonds. The summed E-state index contributed by atoms with van der Waals surface area (Å²) >= 11 is 6.24. The highest BCUT2D eigenvalue weighted by molar-refractivity contribution is 6.32. The number of esters is 1. The lowest BCUT2D eigenvalue weighted by Crippen LogP contribution is -2.08. The van der Waals surface area contributed by atoms with Crippen molar-refractivity contribution in [3.8, 4) is 11.5 Å². The number of nitrogens with zero attached hydrogens (tertiary/aromatic N) is 1. The molecule has 0 radical (unpaired) electrons. The van der Waals surface area contributed by atoms with Crippen molar-refractivity contribution in [2.24, 2.45) is 0 Å². The van der Waals surface area contributed by atoms with Gasteiger partial charge in [0.1, 0.15) is 12.2 Å². The van der Waals surface area contributed by atoms with Gasteiger partial charge >= 0.3 is 5.97 Å². The second-order valence-electron chi connectivity index (χ2n) is 5.88. The molecule has 0 aliphatic carbocycles. The second-order valence-corrected chi connectivity index (χ2v) is 6.29. The number of aromatic amines is 1. The molecular weight excluding hydrogens is 332 g/mol. The van der Waals surface area contributed by atoms with Crippen molar-refractivity contribution in [3.05, 3.63) is 40.2 Å². The van der Waals surface area contributed by atoms with Crippen molar-refractivity contribution < 1.29 is 19.0 Å². The van der Waals surface area contributed by atoms with Crippen molar-refractivity contribution in [1.29, 1.82) is 0 Å². The molecule has 1 aromatic heterocycles. The summed E-state index contributed by atoms with van der Waals surface area (Å²) in [6.45, 7) is 5.19. The third-order valence-electron chi connectivity index (χ3n) is 3.70. The summed E-state index contributed by atoms with van der Waals surface area (Å²) in [5.74, 6) is 0.858. The van der Waals surface area contributed by atoms with Crippen molar-refractivity contribution in [2.75, 3.05) is 13.2 Å². The first-order valence-electron chi connectivity index (χ1n) is 7.84. The van der Waals surface area contributed by atoms with Gasteiger partial charge in [-0.1, -0.05) is 25.4 Å². The molecule has 3 rings (SSSR count). The number of hydrogen-bond acceptors (Lipinski definition) is 5. The monoisotopic (exact) mass is 350 g/mol. The second kappa shape index (κ2) is 7.13. The fourth-order valence-corrected chi connectivity index (χ4v) is 2.78. The number of halogens is 1. The van der Waals surface area contributed by atoms with E-state index in [1.807, 2.05) is 13.8 Å². The van der Waals surface area contributed by atoms with Crippen LogP contribution in [-0.4, -0.2) is 29.4 Å². The molecule has 0 saturated carbocycles. The number of hydrogen-bond donors (Lipinski definition) is 1. The average Bonchev–Trinajstić information content (AvgIpc) is 2.92. The fourth-order valence-electron chi connectivity index (χ4n) is 2.49. The number of rotatable bonds is 4. The Morgan fingerprint density at radius 1 is 1.38 bits per heavy atom. The summed E-state index contributed by atoms with van der Waals surface area (Å²) in [6.07, 6.45) is 2.28. The van der Waals surface area contributed by atoms with E-state index in [-0.39, 0.29) is 12.5 Å². The van der Waals surface area contributed by atoms with E-state index in [2.05, 4.69) is 10.2 Å². The van der Waals surface area contributed by atoms with Gasteiger partial charge in [-0.2, -0.15) is 5.10 Å². The normalized spacial score (nSPS) is 13.7. The van der Waals surface area contributed by atoms with Crippen LogP contribution in [0.25, 0.3) is 0 Å². The lowest BCUT2D eigenvalue weighted by molar-refractivity contribution is 0.0470. The highest BCUT2D eigenvalue weighted by Crippen LogP contribution is 2.38. The van der Waals surface area contributed by atoms with Gasteiger partial charge in [-0.25, -0.2) is 4.79 Å². The minimum atomic E-state index is -0.421. The molecule has 1 aromatic carbocycles. The minimum absolute atomic E-state index is 0.0951. The van der Waals surface area contributed by atoms with Crippen LogP contribution in [-0.2, 0) is 11.3 Å². The zero-order valence-corrected chi connectivity index (χ0v) is 14.4. The number of H-pyrrole nitrogens is 1. The quantitative estimate of drug-likeness (QED) is 0.851. The Bertz CT molecular complexity index is 742. The van der Waals surface area contributed by atoms with Crippen LogP contribution >= 0.6 is 11.6 Å². The Balaban J connectivity index is 1.73. The minimum Gasteiger partial charge on any atom is -0.489 e. The average molecular weight is 351 g/mol. The van der Waals surface area contributed by atoms with Crippen LogP contribution in [0.2, 0.25) is 5.02 Å². The van der Waals surface area contributed by atoms with E-state index in [0.717, 1.165) is 17.7 Å². The van der Waals surface area contributed by atoms with E-state index in [0.29, 0.717) is 35.3 Å². The summed E-state index contributed by atoms with van der Waals surface area (Å²) in [5.41, 5.74) is 1.95. The van der Waals surface area contributed by atoms with Crippen molar-refractivity contribution in [2.45, 2.75) is 32.8 Å². The predicted molar refractivity (Wildman–Crippen MR) is 88.9 cm³/mol. The zero-order valence-electron chi connectivity index (χ0n) is 13.6. The van der Waals surface area contributed by atoms with Gasteiger partial charge in [-0.3, -0.25) is 5.10 Å². The topological polar surface area (TPSA) is 73.4 Å². The van der Waals surface area contributed by atoms with Crippen LogP contribution in [0.4, 0.5) is 0 Å². The van der Waals surface area contributed by atoms with Gasteiger partial charge in [0, 0.05) is 6.42 Å². The number of benzene rings is 1. The van der Waals surface area contributed by atoms with E-state index in [1.54, 1.807) is 12.1 Å². The first-order chi connectivity index (χ1) is 11.6. The predicted octanol–water partition coefficient (Wildman–Crippen LogP) is 3.70. The molecular formula is C17H19ClN2O4. The molecule has 0 saturated heterocycles. The molecule has 0 fully saturated rings. The molecule has 2 heterocycles. The number of aromatic nitrogens is 2. The summed E-state index contributed by atoms with van der Waals surface area (Å²) in [5, 5.41) is 7.20. The Labute approximate surface area is 145 Å². The lowest BCUT2D eigenvalue weighted by Gasteiger charge is -2.12. The van der Waals surface area contributed by atoms with Gasteiger partial charge in [-0.05, 0) is 23.6 Å². The maximum absolute atomic E-state index is 12.3. The van der Waals surface area contributed by atoms with Gasteiger partial charge in [0.2, 0.25) is 0 Å². The smallest absolute Gasteiger partial charge is 0.341 e. The molecule has 2 aromatic rings. The first kappa shape index (κ1) is 16.6. The standard InChI is InChI=1S/C17H19ClN2O4/c1-10(2)15-12(8-19-20-15)17(21)24-9-11-6-13(18)16-14(7-11)22-4-3-5-23-16/h6-8,10H,3-5,9H2,1-2H3,(H,19,20). The van der Waals surface area contributed by atoms with Crippen LogP contribution in [0.1, 0.15) is 47.8 Å². The van der Waals surface area contributed by atoms with Gasteiger partial charge in [0.15, 0.2) is 11.5 Å². The van der Waals surface area contributed by atoms with Crippen LogP contribution < -0.4 is 9.47 Å². The Morgan fingerprint density at radius 2 is 2.17 bits per heavy atom. The highest BCUT2D eigenvalue weighted by atomic mass is 35.5. The SMILES string of the molecule is CC(C)c1[nH]ncc1C(=O)OCc1cc(Cl)c2c(c1)OCCCO2. The van der Waals surface area contributed by atoms with Crippen molar-refractivity contribution in [1.82, 2.24) is 10.2 Å². The molecule has 0 bridgehead atoms.